The van der Waals surface area contributed by atoms with Gasteiger partial charge in [-0.25, -0.2) is 4.39 Å². The molecular formula is C15H13BrClFO2. The predicted octanol–water partition coefficient (Wildman–Crippen LogP) is 4.53. The second-order valence-corrected chi connectivity index (χ2v) is 5.73. The minimum atomic E-state index is -0.855. The van der Waals surface area contributed by atoms with Crippen LogP contribution in [0.1, 0.15) is 17.2 Å². The van der Waals surface area contributed by atoms with Gasteiger partial charge in [0, 0.05) is 15.9 Å². The maximum atomic E-state index is 13.3. The molecule has 0 aliphatic rings. The Morgan fingerprint density at radius 2 is 2.05 bits per heavy atom. The van der Waals surface area contributed by atoms with Gasteiger partial charge in [-0.05, 0) is 47.5 Å². The van der Waals surface area contributed by atoms with Crippen LogP contribution in [0.3, 0.4) is 0 Å². The van der Waals surface area contributed by atoms with Crippen LogP contribution in [0.5, 0.6) is 5.75 Å². The monoisotopic (exact) mass is 358 g/mol. The van der Waals surface area contributed by atoms with E-state index < -0.39 is 11.9 Å². The topological polar surface area (TPSA) is 29.5 Å². The second kappa shape index (κ2) is 6.57. The van der Waals surface area contributed by atoms with Crippen molar-refractivity contribution in [2.45, 2.75) is 12.5 Å². The largest absolute Gasteiger partial charge is 0.496 e. The van der Waals surface area contributed by atoms with Gasteiger partial charge in [0.25, 0.3) is 0 Å². The first-order chi connectivity index (χ1) is 9.49. The number of methoxy groups -OCH3 is 1. The average Bonchev–Trinajstić information content (AvgIpc) is 2.37. The van der Waals surface area contributed by atoms with Crippen LogP contribution in [0.15, 0.2) is 40.9 Å². The van der Waals surface area contributed by atoms with Gasteiger partial charge in [0.1, 0.15) is 11.6 Å². The summed E-state index contributed by atoms with van der Waals surface area (Å²) in [5.41, 5.74) is 1.27. The first-order valence-electron chi connectivity index (χ1n) is 5.96. The maximum Gasteiger partial charge on any atom is 0.125 e. The van der Waals surface area contributed by atoms with E-state index in [0.29, 0.717) is 17.7 Å². The van der Waals surface area contributed by atoms with Gasteiger partial charge >= 0.3 is 0 Å². The second-order valence-electron chi connectivity index (χ2n) is 4.38. The number of hydrogen-bond donors (Lipinski definition) is 1. The molecule has 0 radical (unpaired) electrons. The maximum absolute atomic E-state index is 13.3. The van der Waals surface area contributed by atoms with Gasteiger partial charge in [-0.15, -0.1) is 0 Å². The standard InChI is InChI=1S/C15H13BrClFO2/c1-20-15-3-2-11(16)4-10(15)7-14(19)9-5-12(17)8-13(18)6-9/h2-6,8,14,19H,7H2,1H3. The van der Waals surface area contributed by atoms with Gasteiger partial charge in [0.15, 0.2) is 0 Å². The normalized spacial score (nSPS) is 12.2. The van der Waals surface area contributed by atoms with Crippen LogP contribution in [-0.2, 0) is 6.42 Å². The molecule has 0 saturated carbocycles. The van der Waals surface area contributed by atoms with Gasteiger partial charge in [-0.2, -0.15) is 0 Å². The highest BCUT2D eigenvalue weighted by Crippen LogP contribution is 2.29. The molecule has 0 spiro atoms. The van der Waals surface area contributed by atoms with Crippen molar-refractivity contribution in [3.8, 4) is 5.75 Å². The van der Waals surface area contributed by atoms with Crippen molar-refractivity contribution in [1.29, 1.82) is 0 Å². The molecule has 106 valence electrons. The molecule has 0 saturated heterocycles. The van der Waals surface area contributed by atoms with Crippen LogP contribution in [0.25, 0.3) is 0 Å². The minimum absolute atomic E-state index is 0.264. The quantitative estimate of drug-likeness (QED) is 0.869. The predicted molar refractivity (Wildman–Crippen MR) is 80.8 cm³/mol. The highest BCUT2D eigenvalue weighted by atomic mass is 79.9. The molecule has 0 fully saturated rings. The highest BCUT2D eigenvalue weighted by molar-refractivity contribution is 9.10. The van der Waals surface area contributed by atoms with Gasteiger partial charge in [-0.1, -0.05) is 27.5 Å². The van der Waals surface area contributed by atoms with E-state index in [9.17, 15) is 9.50 Å². The summed E-state index contributed by atoms with van der Waals surface area (Å²) in [6.07, 6.45) is -0.547. The summed E-state index contributed by atoms with van der Waals surface area (Å²) in [6, 6.07) is 9.57. The van der Waals surface area contributed by atoms with Gasteiger partial charge < -0.3 is 9.84 Å². The Kier molecular flexibility index (Phi) is 5.02. The summed E-state index contributed by atoms with van der Waals surface area (Å²) in [6.45, 7) is 0. The number of aliphatic hydroxyl groups excluding tert-OH is 1. The molecule has 0 bridgehead atoms. The fraction of sp³-hybridized carbons (Fsp3) is 0.200. The Hall–Kier alpha value is -1.10. The molecule has 0 heterocycles. The third kappa shape index (κ3) is 3.72. The lowest BCUT2D eigenvalue weighted by Gasteiger charge is -2.14. The lowest BCUT2D eigenvalue weighted by molar-refractivity contribution is 0.177. The van der Waals surface area contributed by atoms with Gasteiger partial charge in [-0.3, -0.25) is 0 Å². The average molecular weight is 360 g/mol. The molecule has 0 aliphatic heterocycles. The Morgan fingerprint density at radius 3 is 2.70 bits per heavy atom. The zero-order valence-corrected chi connectivity index (χ0v) is 13.1. The molecule has 0 aliphatic carbocycles. The zero-order chi connectivity index (χ0) is 14.7. The van der Waals surface area contributed by atoms with E-state index >= 15 is 0 Å². The van der Waals surface area contributed by atoms with Crippen LogP contribution in [0.2, 0.25) is 5.02 Å². The molecule has 1 N–H and O–H groups in total. The molecule has 20 heavy (non-hydrogen) atoms. The number of rotatable bonds is 4. The lowest BCUT2D eigenvalue weighted by Crippen LogP contribution is -2.04. The van der Waals surface area contributed by atoms with Gasteiger partial charge in [0.2, 0.25) is 0 Å². The number of halogens is 3. The first-order valence-corrected chi connectivity index (χ1v) is 7.13. The van der Waals surface area contributed by atoms with Crippen molar-refractivity contribution in [2.75, 3.05) is 7.11 Å². The van der Waals surface area contributed by atoms with E-state index in [1.54, 1.807) is 13.2 Å². The molecule has 0 amide bonds. The van der Waals surface area contributed by atoms with E-state index in [1.165, 1.54) is 12.1 Å². The molecule has 2 rings (SSSR count). The minimum Gasteiger partial charge on any atom is -0.496 e. The summed E-state index contributed by atoms with van der Waals surface area (Å²) in [7, 11) is 1.57. The fourth-order valence-electron chi connectivity index (χ4n) is 2.00. The first kappa shape index (κ1) is 15.3. The van der Waals surface area contributed by atoms with Gasteiger partial charge in [0.05, 0.1) is 13.2 Å². The summed E-state index contributed by atoms with van der Waals surface area (Å²) in [5.74, 6) is 0.211. The van der Waals surface area contributed by atoms with Crippen LogP contribution < -0.4 is 4.74 Å². The Balaban J connectivity index is 2.27. The fourth-order valence-corrected chi connectivity index (χ4v) is 2.64. The van der Waals surface area contributed by atoms with Crippen LogP contribution in [-0.4, -0.2) is 12.2 Å². The number of benzene rings is 2. The summed E-state index contributed by atoms with van der Waals surface area (Å²) >= 11 is 9.17. The smallest absolute Gasteiger partial charge is 0.125 e. The van der Waals surface area contributed by atoms with Crippen molar-refractivity contribution >= 4 is 27.5 Å². The van der Waals surface area contributed by atoms with Crippen molar-refractivity contribution in [1.82, 2.24) is 0 Å². The van der Waals surface area contributed by atoms with Crippen molar-refractivity contribution in [2.24, 2.45) is 0 Å². The molecule has 1 atom stereocenters. The van der Waals surface area contributed by atoms with Crippen LogP contribution >= 0.6 is 27.5 Å². The summed E-state index contributed by atoms with van der Waals surface area (Å²) in [5, 5.41) is 10.5. The Bertz CT molecular complexity index is 599. The molecule has 1 unspecified atom stereocenters. The lowest BCUT2D eigenvalue weighted by atomic mass is 10.0. The van der Waals surface area contributed by atoms with E-state index in [-0.39, 0.29) is 5.02 Å². The number of ether oxygens (including phenoxy) is 1. The molecule has 2 nitrogen and oxygen atoms in total. The highest BCUT2D eigenvalue weighted by Gasteiger charge is 2.14. The summed E-state index contributed by atoms with van der Waals surface area (Å²) < 4.78 is 19.4. The molecule has 2 aromatic carbocycles. The third-order valence-electron chi connectivity index (χ3n) is 2.93. The molecule has 2 aromatic rings. The number of aliphatic hydroxyl groups is 1. The van der Waals surface area contributed by atoms with E-state index in [0.717, 1.165) is 10.0 Å². The number of hydrogen-bond acceptors (Lipinski definition) is 2. The van der Waals surface area contributed by atoms with Crippen molar-refractivity contribution in [3.05, 3.63) is 62.8 Å². The van der Waals surface area contributed by atoms with E-state index in [2.05, 4.69) is 15.9 Å². The molecule has 0 aromatic heterocycles. The third-order valence-corrected chi connectivity index (χ3v) is 3.64. The Labute approximate surface area is 130 Å². The van der Waals surface area contributed by atoms with Crippen LogP contribution in [0, 0.1) is 5.82 Å². The van der Waals surface area contributed by atoms with E-state index in [1.807, 2.05) is 18.2 Å². The van der Waals surface area contributed by atoms with Crippen molar-refractivity contribution < 1.29 is 14.2 Å². The van der Waals surface area contributed by atoms with Crippen LogP contribution in [0.4, 0.5) is 4.39 Å². The summed E-state index contributed by atoms with van der Waals surface area (Å²) in [4.78, 5) is 0. The molecule has 5 heteroatoms. The zero-order valence-electron chi connectivity index (χ0n) is 10.7. The van der Waals surface area contributed by atoms with E-state index in [4.69, 9.17) is 16.3 Å². The van der Waals surface area contributed by atoms with Crippen molar-refractivity contribution in [3.63, 3.8) is 0 Å². The Morgan fingerprint density at radius 1 is 1.30 bits per heavy atom. The molecular weight excluding hydrogens is 347 g/mol. The SMILES string of the molecule is COc1ccc(Br)cc1CC(O)c1cc(F)cc(Cl)c1.